The molecule has 2 aliphatic rings. The van der Waals surface area contributed by atoms with Crippen LogP contribution in [0.15, 0.2) is 41.8 Å². The lowest BCUT2D eigenvalue weighted by atomic mass is 9.92. The molecular formula is C20H26N2O2S2. The van der Waals surface area contributed by atoms with Crippen molar-refractivity contribution >= 4 is 27.0 Å². The topological polar surface area (TPSA) is 49.4 Å². The summed E-state index contributed by atoms with van der Waals surface area (Å²) in [6, 6.07) is 12.3. The molecule has 4 rings (SSSR count). The first-order valence-electron chi connectivity index (χ1n) is 9.19. The van der Waals surface area contributed by atoms with Crippen molar-refractivity contribution in [2.45, 2.75) is 25.2 Å². The molecule has 4 nitrogen and oxygen atoms in total. The second kappa shape index (κ2) is 6.66. The summed E-state index contributed by atoms with van der Waals surface area (Å²) in [4.78, 5) is 4.08. The Balaban J connectivity index is 1.34. The third-order valence-corrected chi connectivity index (χ3v) is 7.64. The normalized spacial score (nSPS) is 28.1. The van der Waals surface area contributed by atoms with Crippen molar-refractivity contribution in [1.82, 2.24) is 4.90 Å². The summed E-state index contributed by atoms with van der Waals surface area (Å²) in [6.07, 6.45) is 3.60. The fraction of sp³-hybridized carbons (Fsp3) is 0.500. The van der Waals surface area contributed by atoms with E-state index in [0.717, 1.165) is 13.1 Å². The molecule has 1 aliphatic heterocycles. The predicted molar refractivity (Wildman–Crippen MR) is 108 cm³/mol. The molecule has 2 atom stereocenters. The van der Waals surface area contributed by atoms with E-state index >= 15 is 0 Å². The van der Waals surface area contributed by atoms with Gasteiger partial charge < -0.3 is 4.90 Å². The van der Waals surface area contributed by atoms with Crippen molar-refractivity contribution in [2.24, 2.45) is 11.8 Å². The Kier molecular flexibility index (Phi) is 4.61. The van der Waals surface area contributed by atoms with E-state index < -0.39 is 10.0 Å². The Labute approximate surface area is 160 Å². The van der Waals surface area contributed by atoms with Crippen LogP contribution in [0.3, 0.4) is 0 Å². The van der Waals surface area contributed by atoms with Crippen molar-refractivity contribution < 1.29 is 8.42 Å². The highest BCUT2D eigenvalue weighted by atomic mass is 32.2. The second-order valence-corrected chi connectivity index (χ2v) is 10.7. The van der Waals surface area contributed by atoms with E-state index in [1.165, 1.54) is 36.1 Å². The highest BCUT2D eigenvalue weighted by Gasteiger charge is 2.65. The highest BCUT2D eigenvalue weighted by molar-refractivity contribution is 7.92. The molecule has 26 heavy (non-hydrogen) atoms. The fourth-order valence-electron chi connectivity index (χ4n) is 4.64. The second-order valence-electron chi connectivity index (χ2n) is 7.89. The van der Waals surface area contributed by atoms with Crippen molar-refractivity contribution in [3.63, 3.8) is 0 Å². The minimum Gasteiger partial charge on any atom is -0.303 e. The van der Waals surface area contributed by atoms with E-state index in [-0.39, 0.29) is 5.41 Å². The monoisotopic (exact) mass is 390 g/mol. The van der Waals surface area contributed by atoms with E-state index in [1.54, 1.807) is 0 Å². The van der Waals surface area contributed by atoms with Crippen LogP contribution in [-0.4, -0.2) is 39.2 Å². The lowest BCUT2D eigenvalue weighted by Gasteiger charge is -2.24. The van der Waals surface area contributed by atoms with E-state index in [2.05, 4.69) is 40.1 Å². The van der Waals surface area contributed by atoms with E-state index in [1.807, 2.05) is 29.5 Å². The van der Waals surface area contributed by atoms with Gasteiger partial charge in [0.1, 0.15) is 0 Å². The van der Waals surface area contributed by atoms with E-state index in [0.29, 0.717) is 17.5 Å². The number of likely N-dealkylation sites (tertiary alicyclic amines) is 1. The van der Waals surface area contributed by atoms with Crippen LogP contribution in [0.25, 0.3) is 0 Å². The van der Waals surface area contributed by atoms with Crippen LogP contribution in [0, 0.1) is 11.8 Å². The Morgan fingerprint density at radius 2 is 2.00 bits per heavy atom. The summed E-state index contributed by atoms with van der Waals surface area (Å²) in [5.41, 5.74) is 2.13. The largest absolute Gasteiger partial charge is 0.303 e. The van der Waals surface area contributed by atoms with Crippen LogP contribution in [0.1, 0.15) is 23.8 Å². The number of benzene rings is 1. The molecule has 2 fully saturated rings. The summed E-state index contributed by atoms with van der Waals surface area (Å²) in [7, 11) is -3.23. The molecule has 1 aromatic carbocycles. The number of rotatable bonds is 7. The van der Waals surface area contributed by atoms with Gasteiger partial charge in [-0.1, -0.05) is 25.1 Å². The molecule has 6 heteroatoms. The average Bonchev–Trinajstić information content (AvgIpc) is 3.00. The highest BCUT2D eigenvalue weighted by Crippen LogP contribution is 2.63. The zero-order chi connectivity index (χ0) is 18.4. The zero-order valence-electron chi connectivity index (χ0n) is 15.3. The zero-order valence-corrected chi connectivity index (χ0v) is 16.9. The molecule has 2 unspecified atom stereocenters. The van der Waals surface area contributed by atoms with Gasteiger partial charge in [-0.25, -0.2) is 8.42 Å². The quantitative estimate of drug-likeness (QED) is 0.786. The van der Waals surface area contributed by atoms with Gasteiger partial charge >= 0.3 is 0 Å². The summed E-state index contributed by atoms with van der Waals surface area (Å²) in [5.74, 6) is 1.38. The van der Waals surface area contributed by atoms with E-state index in [9.17, 15) is 8.42 Å². The molecule has 1 aromatic heterocycles. The predicted octanol–water partition coefficient (Wildman–Crippen LogP) is 3.57. The van der Waals surface area contributed by atoms with Crippen LogP contribution in [-0.2, 0) is 21.9 Å². The summed E-state index contributed by atoms with van der Waals surface area (Å²) < 4.78 is 25.6. The van der Waals surface area contributed by atoms with Crippen LogP contribution in [0.4, 0.5) is 5.69 Å². The number of fused-ring (bicyclic) bond motifs is 1. The molecule has 1 aliphatic carbocycles. The molecule has 0 amide bonds. The first kappa shape index (κ1) is 18.0. The average molecular weight is 391 g/mol. The molecule has 140 valence electrons. The minimum atomic E-state index is -3.23. The van der Waals surface area contributed by atoms with Crippen molar-refractivity contribution in [3.05, 3.63) is 52.2 Å². The molecule has 1 N–H and O–H groups in total. The number of nitrogens with one attached hydrogen (secondary N) is 1. The lowest BCUT2D eigenvalue weighted by Crippen LogP contribution is -2.30. The number of anilines is 1. The maximum absolute atomic E-state index is 11.5. The summed E-state index contributed by atoms with van der Waals surface area (Å²) in [6.45, 7) is 5.84. The SMILES string of the molecule is CC1(c2cccc(NS(C)(=O)=O)c2)C2CN(CCCc3cccs3)CC21. The molecule has 2 aromatic rings. The van der Waals surface area contributed by atoms with E-state index in [4.69, 9.17) is 0 Å². The first-order chi connectivity index (χ1) is 12.4. The van der Waals surface area contributed by atoms with Crippen molar-refractivity contribution in [1.29, 1.82) is 0 Å². The number of hydrogen-bond acceptors (Lipinski definition) is 4. The molecule has 1 saturated heterocycles. The third-order valence-electron chi connectivity index (χ3n) is 6.09. The van der Waals surface area contributed by atoms with Crippen LogP contribution >= 0.6 is 11.3 Å². The molecule has 2 heterocycles. The van der Waals surface area contributed by atoms with Gasteiger partial charge in [0.2, 0.25) is 10.0 Å². The Morgan fingerprint density at radius 3 is 2.65 bits per heavy atom. The van der Waals surface area contributed by atoms with Crippen LogP contribution in [0.5, 0.6) is 0 Å². The maximum Gasteiger partial charge on any atom is 0.229 e. The minimum absolute atomic E-state index is 0.194. The van der Waals surface area contributed by atoms with Crippen molar-refractivity contribution in [2.75, 3.05) is 30.6 Å². The number of sulfonamides is 1. The van der Waals surface area contributed by atoms with Gasteiger partial charge in [-0.2, -0.15) is 0 Å². The lowest BCUT2D eigenvalue weighted by molar-refractivity contribution is 0.274. The Morgan fingerprint density at radius 1 is 1.23 bits per heavy atom. The van der Waals surface area contributed by atoms with Gasteiger partial charge in [0, 0.05) is 29.1 Å². The van der Waals surface area contributed by atoms with Crippen LogP contribution < -0.4 is 4.72 Å². The van der Waals surface area contributed by atoms with Gasteiger partial charge in [0.15, 0.2) is 0 Å². The summed E-state index contributed by atoms with van der Waals surface area (Å²) in [5, 5.41) is 2.15. The number of thiophene rings is 1. The molecule has 0 radical (unpaired) electrons. The van der Waals surface area contributed by atoms with Gasteiger partial charge in [-0.3, -0.25) is 4.72 Å². The number of hydrogen-bond donors (Lipinski definition) is 1. The van der Waals surface area contributed by atoms with Crippen molar-refractivity contribution in [3.8, 4) is 0 Å². The number of nitrogens with zero attached hydrogens (tertiary/aromatic N) is 1. The number of aryl methyl sites for hydroxylation is 1. The van der Waals surface area contributed by atoms with Gasteiger partial charge in [0.25, 0.3) is 0 Å². The van der Waals surface area contributed by atoms with Gasteiger partial charge in [-0.05, 0) is 60.4 Å². The first-order valence-corrected chi connectivity index (χ1v) is 12.0. The molecule has 1 saturated carbocycles. The van der Waals surface area contributed by atoms with Gasteiger partial charge in [-0.15, -0.1) is 11.3 Å². The van der Waals surface area contributed by atoms with Gasteiger partial charge in [0.05, 0.1) is 6.26 Å². The van der Waals surface area contributed by atoms with Crippen LogP contribution in [0.2, 0.25) is 0 Å². The number of piperidine rings is 1. The Bertz CT molecular complexity index is 865. The molecular weight excluding hydrogens is 364 g/mol. The smallest absolute Gasteiger partial charge is 0.229 e. The maximum atomic E-state index is 11.5. The standard InChI is InChI=1S/C20H26N2O2S2/c1-20(15-6-3-7-16(12-15)21-26(2,23)24)18-13-22(14-19(18)20)10-4-8-17-9-5-11-25-17/h3,5-7,9,11-12,18-19,21H,4,8,10,13-14H2,1-2H3. The Hall–Kier alpha value is -1.37. The third kappa shape index (κ3) is 3.55. The summed E-state index contributed by atoms with van der Waals surface area (Å²) >= 11 is 1.85. The molecule has 0 bridgehead atoms. The fourth-order valence-corrected chi connectivity index (χ4v) is 5.94. The molecule has 0 spiro atoms.